The third-order valence-corrected chi connectivity index (χ3v) is 3.32. The number of ether oxygens (including phenoxy) is 1. The summed E-state index contributed by atoms with van der Waals surface area (Å²) in [5, 5.41) is 7.67. The summed E-state index contributed by atoms with van der Waals surface area (Å²) in [6.07, 6.45) is 1.86. The molecule has 2 rings (SSSR count). The molecule has 3 N–H and O–H groups in total. The average molecular weight is 260 g/mol. The molecule has 0 aliphatic carbocycles. The van der Waals surface area contributed by atoms with Gasteiger partial charge in [0.15, 0.2) is 0 Å². The van der Waals surface area contributed by atoms with Crippen LogP contribution >= 0.6 is 0 Å². The van der Waals surface area contributed by atoms with Gasteiger partial charge in [0.05, 0.1) is 25.0 Å². The molecule has 1 heterocycles. The van der Waals surface area contributed by atoms with Crippen LogP contribution in [0.3, 0.4) is 0 Å². The molecule has 0 saturated heterocycles. The predicted octanol–water partition coefficient (Wildman–Crippen LogP) is 1.85. The fourth-order valence-corrected chi connectivity index (χ4v) is 2.07. The monoisotopic (exact) mass is 260 g/mol. The van der Waals surface area contributed by atoms with Gasteiger partial charge in [-0.2, -0.15) is 5.10 Å². The van der Waals surface area contributed by atoms with E-state index in [0.29, 0.717) is 6.54 Å². The quantitative estimate of drug-likeness (QED) is 0.861. The number of methoxy groups -OCH3 is 1. The van der Waals surface area contributed by atoms with E-state index in [4.69, 9.17) is 10.5 Å². The molecule has 0 spiro atoms. The smallest absolute Gasteiger partial charge is 0.141 e. The van der Waals surface area contributed by atoms with Gasteiger partial charge in [0.2, 0.25) is 0 Å². The zero-order valence-electron chi connectivity index (χ0n) is 11.6. The molecule has 5 heteroatoms. The van der Waals surface area contributed by atoms with Gasteiger partial charge in [-0.1, -0.05) is 12.1 Å². The van der Waals surface area contributed by atoms with Crippen LogP contribution in [0.25, 0.3) is 0 Å². The number of aromatic nitrogens is 2. The number of aryl methyl sites for hydroxylation is 1. The van der Waals surface area contributed by atoms with Gasteiger partial charge < -0.3 is 15.8 Å². The fraction of sp³-hybridized carbons (Fsp3) is 0.357. The minimum atomic E-state index is 0.0185. The Bertz CT molecular complexity index is 550. The fourth-order valence-electron chi connectivity index (χ4n) is 2.07. The first kappa shape index (κ1) is 13.4. The molecule has 102 valence electrons. The Labute approximate surface area is 113 Å². The molecule has 0 bridgehead atoms. The Morgan fingerprint density at radius 3 is 2.74 bits per heavy atom. The standard InChI is InChI=1S/C14H20N4O/c1-10-11(9-16-18(10)2)13(8-15)17-12-6-4-5-7-14(12)19-3/h4-7,9,13,17H,8,15H2,1-3H3. The number of nitrogens with zero attached hydrogens (tertiary/aromatic N) is 2. The van der Waals surface area contributed by atoms with Gasteiger partial charge in [0.25, 0.3) is 0 Å². The minimum Gasteiger partial charge on any atom is -0.495 e. The number of hydrogen-bond donors (Lipinski definition) is 2. The zero-order valence-corrected chi connectivity index (χ0v) is 11.6. The van der Waals surface area contributed by atoms with Crippen LogP contribution in [0, 0.1) is 6.92 Å². The van der Waals surface area contributed by atoms with Crippen molar-refractivity contribution in [3.05, 3.63) is 41.7 Å². The normalized spacial score (nSPS) is 12.2. The number of benzene rings is 1. The van der Waals surface area contributed by atoms with E-state index in [1.165, 1.54) is 0 Å². The highest BCUT2D eigenvalue weighted by Crippen LogP contribution is 2.28. The lowest BCUT2D eigenvalue weighted by Crippen LogP contribution is -2.21. The van der Waals surface area contributed by atoms with Crippen LogP contribution in [-0.4, -0.2) is 23.4 Å². The maximum absolute atomic E-state index is 5.88. The van der Waals surface area contributed by atoms with Gasteiger partial charge in [-0.05, 0) is 19.1 Å². The van der Waals surface area contributed by atoms with Crippen LogP contribution in [0.5, 0.6) is 5.75 Å². The molecular formula is C14H20N4O. The molecule has 0 aliphatic heterocycles. The highest BCUT2D eigenvalue weighted by Gasteiger charge is 2.16. The van der Waals surface area contributed by atoms with E-state index in [9.17, 15) is 0 Å². The van der Waals surface area contributed by atoms with Crippen molar-refractivity contribution < 1.29 is 4.74 Å². The van der Waals surface area contributed by atoms with Crippen molar-refractivity contribution in [2.24, 2.45) is 12.8 Å². The van der Waals surface area contributed by atoms with Crippen molar-refractivity contribution in [2.75, 3.05) is 19.0 Å². The first-order valence-corrected chi connectivity index (χ1v) is 6.25. The molecule has 1 atom stereocenters. The Kier molecular flexibility index (Phi) is 4.06. The van der Waals surface area contributed by atoms with E-state index >= 15 is 0 Å². The van der Waals surface area contributed by atoms with Crippen molar-refractivity contribution in [3.63, 3.8) is 0 Å². The SMILES string of the molecule is COc1ccccc1NC(CN)c1cnn(C)c1C. The molecule has 0 amide bonds. The molecular weight excluding hydrogens is 240 g/mol. The van der Waals surface area contributed by atoms with Gasteiger partial charge >= 0.3 is 0 Å². The van der Waals surface area contributed by atoms with Crippen LogP contribution in [0.4, 0.5) is 5.69 Å². The van der Waals surface area contributed by atoms with Crippen LogP contribution in [0.1, 0.15) is 17.3 Å². The lowest BCUT2D eigenvalue weighted by molar-refractivity contribution is 0.416. The summed E-state index contributed by atoms with van der Waals surface area (Å²) in [6.45, 7) is 2.53. The number of rotatable bonds is 5. The summed E-state index contributed by atoms with van der Waals surface area (Å²) in [6, 6.07) is 7.83. The van der Waals surface area contributed by atoms with Gasteiger partial charge in [0, 0.05) is 24.8 Å². The Morgan fingerprint density at radius 1 is 1.42 bits per heavy atom. The Balaban J connectivity index is 2.26. The van der Waals surface area contributed by atoms with E-state index in [2.05, 4.69) is 10.4 Å². The van der Waals surface area contributed by atoms with Crippen molar-refractivity contribution >= 4 is 5.69 Å². The molecule has 19 heavy (non-hydrogen) atoms. The minimum absolute atomic E-state index is 0.0185. The predicted molar refractivity (Wildman–Crippen MR) is 76.4 cm³/mol. The zero-order chi connectivity index (χ0) is 13.8. The number of hydrogen-bond acceptors (Lipinski definition) is 4. The van der Waals surface area contributed by atoms with Crippen LogP contribution < -0.4 is 15.8 Å². The molecule has 1 unspecified atom stereocenters. The summed E-state index contributed by atoms with van der Waals surface area (Å²) in [5.41, 5.74) is 9.03. The third kappa shape index (κ3) is 2.71. The van der Waals surface area contributed by atoms with Gasteiger partial charge in [-0.25, -0.2) is 0 Å². The van der Waals surface area contributed by atoms with E-state index in [1.54, 1.807) is 7.11 Å². The third-order valence-electron chi connectivity index (χ3n) is 3.32. The summed E-state index contributed by atoms with van der Waals surface area (Å²) in [7, 11) is 3.59. The van der Waals surface area contributed by atoms with Crippen LogP contribution in [-0.2, 0) is 7.05 Å². The van der Waals surface area contributed by atoms with Crippen LogP contribution in [0.2, 0.25) is 0 Å². The van der Waals surface area contributed by atoms with Gasteiger partial charge in [-0.15, -0.1) is 0 Å². The molecule has 1 aromatic heterocycles. The number of anilines is 1. The molecule has 1 aromatic carbocycles. The molecule has 0 fully saturated rings. The molecule has 0 saturated carbocycles. The molecule has 0 aliphatic rings. The summed E-state index contributed by atoms with van der Waals surface area (Å²) >= 11 is 0. The number of nitrogens with one attached hydrogen (secondary N) is 1. The molecule has 5 nitrogen and oxygen atoms in total. The maximum Gasteiger partial charge on any atom is 0.141 e. The van der Waals surface area contributed by atoms with Crippen LogP contribution in [0.15, 0.2) is 30.5 Å². The van der Waals surface area contributed by atoms with Crippen molar-refractivity contribution in [1.29, 1.82) is 0 Å². The summed E-state index contributed by atoms with van der Waals surface area (Å²) < 4.78 is 7.19. The Morgan fingerprint density at radius 2 is 2.16 bits per heavy atom. The van der Waals surface area contributed by atoms with E-state index in [0.717, 1.165) is 22.7 Å². The summed E-state index contributed by atoms with van der Waals surface area (Å²) in [5.74, 6) is 0.808. The average Bonchev–Trinajstić information content (AvgIpc) is 2.77. The van der Waals surface area contributed by atoms with E-state index < -0.39 is 0 Å². The second-order valence-corrected chi connectivity index (χ2v) is 4.44. The highest BCUT2D eigenvalue weighted by molar-refractivity contribution is 5.57. The lowest BCUT2D eigenvalue weighted by atomic mass is 10.1. The maximum atomic E-state index is 5.88. The van der Waals surface area contributed by atoms with Crippen molar-refractivity contribution in [1.82, 2.24) is 9.78 Å². The first-order chi connectivity index (χ1) is 9.17. The van der Waals surface area contributed by atoms with Crippen molar-refractivity contribution in [2.45, 2.75) is 13.0 Å². The van der Waals surface area contributed by atoms with Gasteiger partial charge in [0.1, 0.15) is 5.75 Å². The second-order valence-electron chi connectivity index (χ2n) is 4.44. The molecule has 0 radical (unpaired) electrons. The van der Waals surface area contributed by atoms with E-state index in [-0.39, 0.29) is 6.04 Å². The first-order valence-electron chi connectivity index (χ1n) is 6.25. The largest absolute Gasteiger partial charge is 0.495 e. The van der Waals surface area contributed by atoms with E-state index in [1.807, 2.05) is 49.1 Å². The second kappa shape index (κ2) is 5.75. The van der Waals surface area contributed by atoms with Gasteiger partial charge in [-0.3, -0.25) is 4.68 Å². The highest BCUT2D eigenvalue weighted by atomic mass is 16.5. The number of para-hydroxylation sites is 2. The topological polar surface area (TPSA) is 65.1 Å². The summed E-state index contributed by atoms with van der Waals surface area (Å²) in [4.78, 5) is 0. The lowest BCUT2D eigenvalue weighted by Gasteiger charge is -2.19. The van der Waals surface area contributed by atoms with Crippen molar-refractivity contribution in [3.8, 4) is 5.75 Å². The molecule has 2 aromatic rings. The Hall–Kier alpha value is -2.01. The number of nitrogens with two attached hydrogens (primary N) is 1.